The van der Waals surface area contributed by atoms with E-state index in [4.69, 9.17) is 5.73 Å². The molecule has 6 nitrogen and oxygen atoms in total. The molecule has 1 saturated heterocycles. The van der Waals surface area contributed by atoms with Crippen molar-refractivity contribution in [3.63, 3.8) is 0 Å². The van der Waals surface area contributed by atoms with Gasteiger partial charge in [0.1, 0.15) is 6.04 Å². The lowest BCUT2D eigenvalue weighted by Crippen LogP contribution is -2.59. The van der Waals surface area contributed by atoms with Crippen LogP contribution in [0.5, 0.6) is 0 Å². The Morgan fingerprint density at radius 2 is 2.17 bits per heavy atom. The zero-order valence-electron chi connectivity index (χ0n) is 11.2. The van der Waals surface area contributed by atoms with Crippen LogP contribution in [0.1, 0.15) is 39.5 Å². The van der Waals surface area contributed by atoms with Gasteiger partial charge in [-0.2, -0.15) is 0 Å². The fourth-order valence-electron chi connectivity index (χ4n) is 2.01. The van der Waals surface area contributed by atoms with Crippen LogP contribution in [-0.4, -0.2) is 41.2 Å². The fraction of sp³-hybridized carbons (Fsp3) is 0.750. The lowest BCUT2D eigenvalue weighted by molar-refractivity contribution is -0.149. The molecule has 1 fully saturated rings. The molecule has 3 N–H and O–H groups in total. The normalized spacial score (nSPS) is 23.8. The van der Waals surface area contributed by atoms with Crippen molar-refractivity contribution in [2.75, 3.05) is 7.05 Å². The highest BCUT2D eigenvalue weighted by molar-refractivity contribution is 6.02. The molecule has 2 unspecified atom stereocenters. The number of carbonyl (C=O) groups is 3. The number of likely N-dealkylation sites (N-methyl/N-ethyl adjacent to an activating group) is 1. The van der Waals surface area contributed by atoms with E-state index in [1.165, 1.54) is 7.05 Å². The maximum Gasteiger partial charge on any atom is 0.251 e. The molecule has 0 radical (unpaired) electrons. The smallest absolute Gasteiger partial charge is 0.251 e. The molecule has 0 bridgehead atoms. The van der Waals surface area contributed by atoms with Crippen LogP contribution in [0.25, 0.3) is 0 Å². The fourth-order valence-corrected chi connectivity index (χ4v) is 2.01. The van der Waals surface area contributed by atoms with Gasteiger partial charge in [-0.15, -0.1) is 0 Å². The van der Waals surface area contributed by atoms with E-state index < -0.39 is 11.6 Å². The Bertz CT molecular complexity index is 366. The average molecular weight is 255 g/mol. The molecule has 0 aromatic heterocycles. The minimum Gasteiger partial charge on any atom is -0.343 e. The summed E-state index contributed by atoms with van der Waals surface area (Å²) < 4.78 is 0. The van der Waals surface area contributed by atoms with E-state index in [0.29, 0.717) is 12.8 Å². The molecule has 3 amide bonds. The number of hydrogen-bond donors (Lipinski definition) is 2. The van der Waals surface area contributed by atoms with Gasteiger partial charge in [0, 0.05) is 13.5 Å². The first kappa shape index (κ1) is 14.6. The number of rotatable bonds is 4. The Morgan fingerprint density at radius 1 is 1.56 bits per heavy atom. The first-order chi connectivity index (χ1) is 8.29. The number of nitrogens with zero attached hydrogens (tertiary/aromatic N) is 1. The second-order valence-electron chi connectivity index (χ2n) is 5.02. The number of piperidine rings is 1. The Hall–Kier alpha value is -1.43. The zero-order valence-corrected chi connectivity index (χ0v) is 11.2. The Morgan fingerprint density at radius 3 is 2.72 bits per heavy atom. The molecule has 102 valence electrons. The topological polar surface area (TPSA) is 92.5 Å². The predicted molar refractivity (Wildman–Crippen MR) is 66.4 cm³/mol. The molecule has 1 heterocycles. The van der Waals surface area contributed by atoms with Crippen LogP contribution in [-0.2, 0) is 14.4 Å². The van der Waals surface area contributed by atoms with E-state index in [9.17, 15) is 14.4 Å². The Labute approximate surface area is 107 Å². The van der Waals surface area contributed by atoms with Gasteiger partial charge in [0.2, 0.25) is 11.8 Å². The average Bonchev–Trinajstić information content (AvgIpc) is 2.29. The summed E-state index contributed by atoms with van der Waals surface area (Å²) in [5.74, 6) is -0.924. The van der Waals surface area contributed by atoms with Gasteiger partial charge < -0.3 is 11.1 Å². The summed E-state index contributed by atoms with van der Waals surface area (Å²) in [5, 5.41) is 2.64. The first-order valence-electron chi connectivity index (χ1n) is 6.20. The van der Waals surface area contributed by atoms with Gasteiger partial charge in [-0.05, 0) is 19.8 Å². The first-order valence-corrected chi connectivity index (χ1v) is 6.20. The molecule has 0 spiro atoms. The molecule has 6 heteroatoms. The molecule has 2 atom stereocenters. The number of hydrogen-bond acceptors (Lipinski definition) is 4. The van der Waals surface area contributed by atoms with E-state index in [1.807, 2.05) is 6.92 Å². The number of likely N-dealkylation sites (tertiary alicyclic amines) is 1. The van der Waals surface area contributed by atoms with Gasteiger partial charge in [-0.3, -0.25) is 19.3 Å². The van der Waals surface area contributed by atoms with E-state index in [2.05, 4.69) is 5.32 Å². The zero-order chi connectivity index (χ0) is 13.9. The third-order valence-corrected chi connectivity index (χ3v) is 3.24. The SMILES string of the molecule is CCCC(C)(N)C(=O)NC1CCC(=O)N(C)C1=O. The molecule has 0 aliphatic carbocycles. The van der Waals surface area contributed by atoms with Gasteiger partial charge in [-0.25, -0.2) is 0 Å². The van der Waals surface area contributed by atoms with E-state index >= 15 is 0 Å². The van der Waals surface area contributed by atoms with E-state index in [0.717, 1.165) is 11.3 Å². The third-order valence-electron chi connectivity index (χ3n) is 3.24. The van der Waals surface area contributed by atoms with E-state index in [1.54, 1.807) is 6.92 Å². The van der Waals surface area contributed by atoms with Gasteiger partial charge in [0.25, 0.3) is 5.91 Å². The van der Waals surface area contributed by atoms with Crippen molar-refractivity contribution in [3.05, 3.63) is 0 Å². The van der Waals surface area contributed by atoms with Crippen molar-refractivity contribution >= 4 is 17.7 Å². The number of carbonyl (C=O) groups excluding carboxylic acids is 3. The molecular weight excluding hydrogens is 234 g/mol. The predicted octanol–water partition coefficient (Wildman–Crippen LogP) is -0.232. The van der Waals surface area contributed by atoms with Crippen molar-refractivity contribution in [3.8, 4) is 0 Å². The number of amides is 3. The monoisotopic (exact) mass is 255 g/mol. The molecule has 0 aromatic rings. The highest BCUT2D eigenvalue weighted by Gasteiger charge is 2.36. The Kier molecular flexibility index (Phi) is 4.45. The number of imide groups is 1. The van der Waals surface area contributed by atoms with Crippen LogP contribution in [0.2, 0.25) is 0 Å². The van der Waals surface area contributed by atoms with Crippen LogP contribution in [0.15, 0.2) is 0 Å². The van der Waals surface area contributed by atoms with Crippen LogP contribution in [0.4, 0.5) is 0 Å². The molecule has 1 rings (SSSR count). The largest absolute Gasteiger partial charge is 0.343 e. The second-order valence-corrected chi connectivity index (χ2v) is 5.02. The van der Waals surface area contributed by atoms with Gasteiger partial charge in [0.05, 0.1) is 5.54 Å². The number of nitrogens with two attached hydrogens (primary N) is 1. The molecule has 1 aliphatic rings. The third kappa shape index (κ3) is 3.07. The molecular formula is C12H21N3O3. The summed E-state index contributed by atoms with van der Waals surface area (Å²) >= 11 is 0. The van der Waals surface area contributed by atoms with Crippen LogP contribution < -0.4 is 11.1 Å². The maximum absolute atomic E-state index is 12.0. The summed E-state index contributed by atoms with van der Waals surface area (Å²) in [6.07, 6.45) is 1.95. The number of nitrogens with one attached hydrogen (secondary N) is 1. The Balaban J connectivity index is 2.65. The maximum atomic E-state index is 12.0. The highest BCUT2D eigenvalue weighted by Crippen LogP contribution is 2.14. The van der Waals surface area contributed by atoms with Gasteiger partial charge >= 0.3 is 0 Å². The summed E-state index contributed by atoms with van der Waals surface area (Å²) in [5.41, 5.74) is 4.91. The molecule has 0 saturated carbocycles. The highest BCUT2D eigenvalue weighted by atomic mass is 16.2. The van der Waals surface area contributed by atoms with Crippen LogP contribution in [0, 0.1) is 0 Å². The van der Waals surface area contributed by atoms with Crippen molar-refractivity contribution in [1.29, 1.82) is 0 Å². The summed E-state index contributed by atoms with van der Waals surface area (Å²) in [6.45, 7) is 3.59. The van der Waals surface area contributed by atoms with Crippen molar-refractivity contribution in [2.45, 2.75) is 51.1 Å². The van der Waals surface area contributed by atoms with Crippen LogP contribution in [0.3, 0.4) is 0 Å². The molecule has 18 heavy (non-hydrogen) atoms. The quantitative estimate of drug-likeness (QED) is 0.678. The summed E-state index contributed by atoms with van der Waals surface area (Å²) in [4.78, 5) is 36.1. The van der Waals surface area contributed by atoms with Crippen LogP contribution >= 0.6 is 0 Å². The summed E-state index contributed by atoms with van der Waals surface area (Å²) in [6, 6.07) is -0.639. The molecule has 1 aliphatic heterocycles. The minimum atomic E-state index is -0.977. The van der Waals surface area contributed by atoms with E-state index in [-0.39, 0.29) is 24.1 Å². The van der Waals surface area contributed by atoms with Crippen molar-refractivity contribution in [1.82, 2.24) is 10.2 Å². The van der Waals surface area contributed by atoms with Gasteiger partial charge in [0.15, 0.2) is 0 Å². The van der Waals surface area contributed by atoms with Gasteiger partial charge in [-0.1, -0.05) is 13.3 Å². The van der Waals surface area contributed by atoms with Crippen molar-refractivity contribution in [2.24, 2.45) is 5.73 Å². The molecule has 0 aromatic carbocycles. The minimum absolute atomic E-state index is 0.213. The van der Waals surface area contributed by atoms with Crippen molar-refractivity contribution < 1.29 is 14.4 Å². The second kappa shape index (κ2) is 5.48. The lowest BCUT2D eigenvalue weighted by atomic mass is 9.95. The lowest BCUT2D eigenvalue weighted by Gasteiger charge is -2.31. The standard InChI is InChI=1S/C12H21N3O3/c1-4-7-12(2,13)11(18)14-8-5-6-9(16)15(3)10(8)17/h8H,4-7,13H2,1-3H3,(H,14,18). The summed E-state index contributed by atoms with van der Waals surface area (Å²) in [7, 11) is 1.43.